The molecule has 1 heterocycles. The Morgan fingerprint density at radius 3 is 2.50 bits per heavy atom. The van der Waals surface area contributed by atoms with Gasteiger partial charge in [-0.2, -0.15) is 18.4 Å². The summed E-state index contributed by atoms with van der Waals surface area (Å²) in [7, 11) is -3.76. The van der Waals surface area contributed by atoms with E-state index in [0.717, 1.165) is 12.3 Å². The molecule has 0 aliphatic heterocycles. The average molecular weight is 295 g/mol. The molecule has 0 amide bonds. The van der Waals surface area contributed by atoms with Crippen LogP contribution in [0.4, 0.5) is 5.88 Å². The van der Waals surface area contributed by atoms with Gasteiger partial charge >= 0.3 is 5.88 Å². The second-order valence-electron chi connectivity index (χ2n) is 3.60. The van der Waals surface area contributed by atoms with Gasteiger partial charge in [-0.1, -0.05) is 18.2 Å². The molecule has 0 spiro atoms. The fourth-order valence-corrected chi connectivity index (χ4v) is 2.13. The van der Waals surface area contributed by atoms with Crippen LogP contribution in [0.1, 0.15) is 5.76 Å². The zero-order valence-corrected chi connectivity index (χ0v) is 10.8. The fraction of sp³-hybridized carbons (Fsp3) is 0. The summed E-state index contributed by atoms with van der Waals surface area (Å²) in [5.41, 5.74) is 0. The Morgan fingerprint density at radius 2 is 1.90 bits per heavy atom. The molecule has 0 aliphatic rings. The number of hydrazone groups is 1. The molecular formula is C11H9N3O5S. The van der Waals surface area contributed by atoms with E-state index < -0.39 is 20.8 Å². The molecule has 0 atom stereocenters. The monoisotopic (exact) mass is 295 g/mol. The summed E-state index contributed by atoms with van der Waals surface area (Å²) < 4.78 is 28.3. The Bertz CT molecular complexity index is 736. The van der Waals surface area contributed by atoms with E-state index in [1.54, 1.807) is 18.2 Å². The predicted octanol–water partition coefficient (Wildman–Crippen LogP) is 1.50. The molecule has 2 rings (SSSR count). The van der Waals surface area contributed by atoms with E-state index in [4.69, 9.17) is 4.42 Å². The molecule has 0 fully saturated rings. The first-order valence-electron chi connectivity index (χ1n) is 5.33. The quantitative estimate of drug-likeness (QED) is 0.510. The molecule has 0 saturated carbocycles. The highest BCUT2D eigenvalue weighted by Gasteiger charge is 2.12. The van der Waals surface area contributed by atoms with Gasteiger partial charge in [0, 0.05) is 0 Å². The number of sulfonamides is 1. The lowest BCUT2D eigenvalue weighted by molar-refractivity contribution is -0.402. The third kappa shape index (κ3) is 3.20. The molecule has 1 aromatic heterocycles. The first kappa shape index (κ1) is 13.7. The van der Waals surface area contributed by atoms with Gasteiger partial charge in [0.1, 0.15) is 4.92 Å². The fourth-order valence-electron chi connectivity index (χ4n) is 1.32. The first-order chi connectivity index (χ1) is 9.49. The number of furan rings is 1. The third-order valence-electron chi connectivity index (χ3n) is 2.21. The summed E-state index contributed by atoms with van der Waals surface area (Å²) in [5, 5.41) is 13.9. The maximum absolute atomic E-state index is 11.8. The van der Waals surface area contributed by atoms with E-state index >= 15 is 0 Å². The second-order valence-corrected chi connectivity index (χ2v) is 5.26. The van der Waals surface area contributed by atoms with Gasteiger partial charge in [0.2, 0.25) is 0 Å². The van der Waals surface area contributed by atoms with Gasteiger partial charge in [-0.25, -0.2) is 0 Å². The highest BCUT2D eigenvalue weighted by atomic mass is 32.2. The van der Waals surface area contributed by atoms with Gasteiger partial charge < -0.3 is 4.42 Å². The zero-order chi connectivity index (χ0) is 14.6. The molecule has 2 aromatic rings. The second kappa shape index (κ2) is 5.53. The van der Waals surface area contributed by atoms with Gasteiger partial charge in [0.05, 0.1) is 17.2 Å². The highest BCUT2D eigenvalue weighted by molar-refractivity contribution is 7.89. The van der Waals surface area contributed by atoms with E-state index in [1.807, 2.05) is 4.83 Å². The van der Waals surface area contributed by atoms with Crippen LogP contribution in [0.2, 0.25) is 0 Å². The molecular weight excluding hydrogens is 286 g/mol. The maximum Gasteiger partial charge on any atom is 0.433 e. The standard InChI is InChI=1S/C11H9N3O5S/c15-14(16)11-7-6-9(19-11)8-12-13-20(17,18)10-4-2-1-3-5-10/h1-8,13H/b12-8-. The van der Waals surface area contributed by atoms with Gasteiger partial charge in [-0.3, -0.25) is 10.1 Å². The summed E-state index contributed by atoms with van der Waals surface area (Å²) >= 11 is 0. The number of rotatable bonds is 5. The molecule has 8 nitrogen and oxygen atoms in total. The summed E-state index contributed by atoms with van der Waals surface area (Å²) in [6.07, 6.45) is 1.04. The Kier molecular flexibility index (Phi) is 3.80. The van der Waals surface area contributed by atoms with Crippen molar-refractivity contribution in [1.29, 1.82) is 0 Å². The van der Waals surface area contributed by atoms with Crippen LogP contribution < -0.4 is 4.83 Å². The van der Waals surface area contributed by atoms with Gasteiger partial charge in [-0.05, 0) is 18.2 Å². The Morgan fingerprint density at radius 1 is 1.20 bits per heavy atom. The number of benzene rings is 1. The van der Waals surface area contributed by atoms with E-state index in [1.165, 1.54) is 18.2 Å². The minimum Gasteiger partial charge on any atom is -0.400 e. The molecule has 1 N–H and O–H groups in total. The Labute approximate surface area is 113 Å². The van der Waals surface area contributed by atoms with Crippen LogP contribution in [-0.2, 0) is 10.0 Å². The molecule has 0 radical (unpaired) electrons. The van der Waals surface area contributed by atoms with Crippen molar-refractivity contribution in [1.82, 2.24) is 4.83 Å². The van der Waals surface area contributed by atoms with Crippen molar-refractivity contribution in [3.05, 3.63) is 58.3 Å². The van der Waals surface area contributed by atoms with E-state index in [0.29, 0.717) is 0 Å². The Balaban J connectivity index is 2.08. The number of nitrogens with zero attached hydrogens (tertiary/aromatic N) is 2. The van der Waals surface area contributed by atoms with E-state index in [-0.39, 0.29) is 10.7 Å². The molecule has 0 unspecified atom stereocenters. The van der Waals surface area contributed by atoms with Crippen molar-refractivity contribution >= 4 is 22.1 Å². The average Bonchev–Trinajstić information content (AvgIpc) is 2.89. The molecule has 0 saturated heterocycles. The lowest BCUT2D eigenvalue weighted by Crippen LogP contribution is -2.18. The Hall–Kier alpha value is -2.68. The molecule has 0 aliphatic carbocycles. The molecule has 1 aromatic carbocycles. The summed E-state index contributed by atoms with van der Waals surface area (Å²) in [6, 6.07) is 10.1. The number of hydrogen-bond donors (Lipinski definition) is 1. The van der Waals surface area contributed by atoms with Crippen molar-refractivity contribution in [2.75, 3.05) is 0 Å². The lowest BCUT2D eigenvalue weighted by Gasteiger charge is -2.01. The van der Waals surface area contributed by atoms with Crippen molar-refractivity contribution in [2.45, 2.75) is 4.90 Å². The zero-order valence-electron chi connectivity index (χ0n) is 9.96. The highest BCUT2D eigenvalue weighted by Crippen LogP contribution is 2.13. The van der Waals surface area contributed by atoms with Crippen LogP contribution in [0.5, 0.6) is 0 Å². The van der Waals surface area contributed by atoms with Gasteiger partial charge in [-0.15, -0.1) is 0 Å². The smallest absolute Gasteiger partial charge is 0.400 e. The lowest BCUT2D eigenvalue weighted by atomic mass is 10.4. The summed E-state index contributed by atoms with van der Waals surface area (Å²) in [4.78, 5) is 11.7. The molecule has 20 heavy (non-hydrogen) atoms. The van der Waals surface area contributed by atoms with Crippen LogP contribution in [0, 0.1) is 10.1 Å². The van der Waals surface area contributed by atoms with Gasteiger partial charge in [0.25, 0.3) is 10.0 Å². The number of hydrogen-bond acceptors (Lipinski definition) is 6. The first-order valence-corrected chi connectivity index (χ1v) is 6.81. The normalized spacial score (nSPS) is 11.6. The SMILES string of the molecule is O=[N+]([O-])c1ccc(/C=N\NS(=O)(=O)c2ccccc2)o1. The van der Waals surface area contributed by atoms with Crippen molar-refractivity contribution in [3.8, 4) is 0 Å². The summed E-state index contributed by atoms with van der Waals surface area (Å²) in [6.45, 7) is 0. The van der Waals surface area contributed by atoms with Crippen LogP contribution in [0.3, 0.4) is 0 Å². The molecule has 0 bridgehead atoms. The van der Waals surface area contributed by atoms with Crippen LogP contribution >= 0.6 is 0 Å². The van der Waals surface area contributed by atoms with Crippen LogP contribution in [0.25, 0.3) is 0 Å². The van der Waals surface area contributed by atoms with Gasteiger partial charge in [0.15, 0.2) is 5.76 Å². The third-order valence-corrected chi connectivity index (χ3v) is 3.45. The number of nitrogens with one attached hydrogen (secondary N) is 1. The predicted molar refractivity (Wildman–Crippen MR) is 69.7 cm³/mol. The molecule has 9 heteroatoms. The van der Waals surface area contributed by atoms with E-state index in [9.17, 15) is 18.5 Å². The van der Waals surface area contributed by atoms with Crippen LogP contribution in [0.15, 0.2) is 56.9 Å². The topological polar surface area (TPSA) is 115 Å². The van der Waals surface area contributed by atoms with Crippen molar-refractivity contribution < 1.29 is 17.8 Å². The minimum absolute atomic E-state index is 0.0579. The number of nitro groups is 1. The molecule has 104 valence electrons. The minimum atomic E-state index is -3.76. The van der Waals surface area contributed by atoms with Crippen molar-refractivity contribution in [2.24, 2.45) is 5.10 Å². The largest absolute Gasteiger partial charge is 0.433 e. The maximum atomic E-state index is 11.8. The van der Waals surface area contributed by atoms with E-state index in [2.05, 4.69) is 5.10 Å². The summed E-state index contributed by atoms with van der Waals surface area (Å²) in [5.74, 6) is -0.384. The van der Waals surface area contributed by atoms with Crippen LogP contribution in [-0.4, -0.2) is 19.6 Å². The van der Waals surface area contributed by atoms with Crippen molar-refractivity contribution in [3.63, 3.8) is 0 Å².